The molecule has 0 aliphatic rings. The Morgan fingerprint density at radius 1 is 1.17 bits per heavy atom. The van der Waals surface area contributed by atoms with Gasteiger partial charge in [0.1, 0.15) is 0 Å². The third-order valence-corrected chi connectivity index (χ3v) is 4.60. The highest BCUT2D eigenvalue weighted by Crippen LogP contribution is 2.23. The number of thioether (sulfide) groups is 1. The molecule has 2 rings (SSSR count). The van der Waals surface area contributed by atoms with Crippen molar-refractivity contribution in [3.63, 3.8) is 0 Å². The molecule has 124 valence electrons. The first-order valence-electron chi connectivity index (χ1n) is 7.85. The highest BCUT2D eigenvalue weighted by molar-refractivity contribution is 7.99. The summed E-state index contributed by atoms with van der Waals surface area (Å²) in [5.74, 6) is 1.09. The highest BCUT2D eigenvalue weighted by Gasteiger charge is 2.13. The smallest absolute Gasteiger partial charge is 0.234 e. The first-order chi connectivity index (χ1) is 11.4. The lowest BCUT2D eigenvalue weighted by Gasteiger charge is -2.19. The van der Waals surface area contributed by atoms with E-state index in [1.54, 1.807) is 6.07 Å². The zero-order valence-electron chi connectivity index (χ0n) is 14.3. The molecular formula is C20H22N2OS. The summed E-state index contributed by atoms with van der Waals surface area (Å²) in [5.41, 5.74) is 3.88. The molecule has 2 aromatic rings. The van der Waals surface area contributed by atoms with Crippen molar-refractivity contribution in [2.45, 2.75) is 31.9 Å². The number of hydrogen-bond donors (Lipinski definition) is 1. The molecule has 0 heterocycles. The molecule has 3 nitrogen and oxygen atoms in total. The highest BCUT2D eigenvalue weighted by atomic mass is 32.2. The predicted molar refractivity (Wildman–Crippen MR) is 101 cm³/mol. The van der Waals surface area contributed by atoms with Crippen LogP contribution in [-0.4, -0.2) is 11.7 Å². The molecule has 0 unspecified atom stereocenters. The van der Waals surface area contributed by atoms with Crippen LogP contribution in [0.5, 0.6) is 0 Å². The minimum atomic E-state index is -0.0139. The number of nitriles is 1. The summed E-state index contributed by atoms with van der Waals surface area (Å²) in [4.78, 5) is 12.0. The Morgan fingerprint density at radius 2 is 1.88 bits per heavy atom. The minimum absolute atomic E-state index is 0.0139. The molecule has 0 saturated carbocycles. The van der Waals surface area contributed by atoms with Crippen LogP contribution in [-0.2, 0) is 16.0 Å². The molecule has 24 heavy (non-hydrogen) atoms. The van der Waals surface area contributed by atoms with Crippen molar-refractivity contribution >= 4 is 23.4 Å². The average Bonchev–Trinajstić information content (AvgIpc) is 2.54. The topological polar surface area (TPSA) is 52.9 Å². The van der Waals surface area contributed by atoms with E-state index in [2.05, 4.69) is 44.3 Å². The van der Waals surface area contributed by atoms with Gasteiger partial charge in [0.15, 0.2) is 0 Å². The average molecular weight is 338 g/mol. The number of benzene rings is 2. The van der Waals surface area contributed by atoms with Crippen LogP contribution in [0.2, 0.25) is 0 Å². The summed E-state index contributed by atoms with van der Waals surface area (Å²) in [6, 6.07) is 17.6. The maximum atomic E-state index is 12.0. The number of carbonyl (C=O) groups is 1. The van der Waals surface area contributed by atoms with Crippen molar-refractivity contribution in [2.75, 3.05) is 11.1 Å². The SMILES string of the molecule is CC(C)(C)c1ccc(NC(=O)CSCc2cccc(C#N)c2)cc1. The Balaban J connectivity index is 1.82. The second-order valence-electron chi connectivity index (χ2n) is 6.68. The van der Waals surface area contributed by atoms with E-state index in [4.69, 9.17) is 5.26 Å². The molecular weight excluding hydrogens is 316 g/mol. The number of nitrogens with one attached hydrogen (secondary N) is 1. The van der Waals surface area contributed by atoms with Crippen molar-refractivity contribution in [3.05, 3.63) is 65.2 Å². The van der Waals surface area contributed by atoms with Gasteiger partial charge in [0.05, 0.1) is 17.4 Å². The first kappa shape index (κ1) is 18.1. The lowest BCUT2D eigenvalue weighted by Crippen LogP contribution is -2.15. The Kier molecular flexibility index (Phi) is 6.05. The van der Waals surface area contributed by atoms with Crippen LogP contribution in [0.4, 0.5) is 5.69 Å². The Morgan fingerprint density at radius 3 is 2.50 bits per heavy atom. The molecule has 0 aromatic heterocycles. The van der Waals surface area contributed by atoms with E-state index < -0.39 is 0 Å². The van der Waals surface area contributed by atoms with E-state index in [1.807, 2.05) is 30.3 Å². The maximum Gasteiger partial charge on any atom is 0.234 e. The Bertz CT molecular complexity index is 739. The van der Waals surface area contributed by atoms with E-state index in [0.717, 1.165) is 11.3 Å². The van der Waals surface area contributed by atoms with Crippen LogP contribution in [0.1, 0.15) is 37.5 Å². The van der Waals surface area contributed by atoms with Gasteiger partial charge in [-0.1, -0.05) is 45.0 Å². The number of nitrogens with zero attached hydrogens (tertiary/aromatic N) is 1. The first-order valence-corrected chi connectivity index (χ1v) is 9.01. The molecule has 0 aliphatic heterocycles. The van der Waals surface area contributed by atoms with E-state index in [-0.39, 0.29) is 11.3 Å². The van der Waals surface area contributed by atoms with Gasteiger partial charge in [-0.2, -0.15) is 5.26 Å². The molecule has 2 aromatic carbocycles. The molecule has 1 amide bonds. The quantitative estimate of drug-likeness (QED) is 0.857. The summed E-state index contributed by atoms with van der Waals surface area (Å²) in [5, 5.41) is 11.8. The third-order valence-electron chi connectivity index (χ3n) is 3.59. The van der Waals surface area contributed by atoms with Gasteiger partial charge in [0.25, 0.3) is 0 Å². The molecule has 0 radical (unpaired) electrons. The zero-order chi connectivity index (χ0) is 17.6. The van der Waals surface area contributed by atoms with Gasteiger partial charge >= 0.3 is 0 Å². The van der Waals surface area contributed by atoms with E-state index in [0.29, 0.717) is 17.1 Å². The van der Waals surface area contributed by atoms with E-state index in [9.17, 15) is 4.79 Å². The van der Waals surface area contributed by atoms with Crippen LogP contribution in [0.3, 0.4) is 0 Å². The lowest BCUT2D eigenvalue weighted by molar-refractivity contribution is -0.113. The second-order valence-corrected chi connectivity index (χ2v) is 7.67. The minimum Gasteiger partial charge on any atom is -0.325 e. The number of rotatable bonds is 5. The van der Waals surface area contributed by atoms with E-state index >= 15 is 0 Å². The summed E-state index contributed by atoms with van der Waals surface area (Å²) in [7, 11) is 0. The number of hydrogen-bond acceptors (Lipinski definition) is 3. The van der Waals surface area contributed by atoms with Crippen LogP contribution in [0.25, 0.3) is 0 Å². The normalized spacial score (nSPS) is 10.9. The summed E-state index contributed by atoms with van der Waals surface area (Å²) < 4.78 is 0. The molecule has 0 spiro atoms. The van der Waals surface area contributed by atoms with Crippen molar-refractivity contribution in [1.29, 1.82) is 5.26 Å². The zero-order valence-corrected chi connectivity index (χ0v) is 15.1. The lowest BCUT2D eigenvalue weighted by atomic mass is 9.87. The molecule has 0 fully saturated rings. The number of amides is 1. The third kappa shape index (κ3) is 5.43. The molecule has 0 aliphatic carbocycles. The fourth-order valence-corrected chi connectivity index (χ4v) is 3.02. The monoisotopic (exact) mass is 338 g/mol. The van der Waals surface area contributed by atoms with Crippen LogP contribution in [0.15, 0.2) is 48.5 Å². The largest absolute Gasteiger partial charge is 0.325 e. The fourth-order valence-electron chi connectivity index (χ4n) is 2.24. The number of anilines is 1. The van der Waals surface area contributed by atoms with E-state index in [1.165, 1.54) is 17.3 Å². The van der Waals surface area contributed by atoms with Crippen molar-refractivity contribution in [3.8, 4) is 6.07 Å². The van der Waals surface area contributed by atoms with Gasteiger partial charge in [0.2, 0.25) is 5.91 Å². The summed E-state index contributed by atoms with van der Waals surface area (Å²) in [6.45, 7) is 6.50. The summed E-state index contributed by atoms with van der Waals surface area (Å²) >= 11 is 1.54. The van der Waals surface area contributed by atoms with Crippen LogP contribution >= 0.6 is 11.8 Å². The van der Waals surface area contributed by atoms with Crippen molar-refractivity contribution in [1.82, 2.24) is 0 Å². The van der Waals surface area contributed by atoms with Gasteiger partial charge in [-0.3, -0.25) is 4.79 Å². The van der Waals surface area contributed by atoms with Crippen molar-refractivity contribution < 1.29 is 4.79 Å². The molecule has 0 bridgehead atoms. The molecule has 0 saturated heterocycles. The van der Waals surface area contributed by atoms with Gasteiger partial charge in [0, 0.05) is 11.4 Å². The van der Waals surface area contributed by atoms with Gasteiger partial charge < -0.3 is 5.32 Å². The predicted octanol–water partition coefficient (Wildman–Crippen LogP) is 4.73. The Hall–Kier alpha value is -2.25. The van der Waals surface area contributed by atoms with Gasteiger partial charge in [-0.05, 0) is 40.8 Å². The maximum absolute atomic E-state index is 12.0. The number of carbonyl (C=O) groups excluding carboxylic acids is 1. The van der Waals surface area contributed by atoms with Gasteiger partial charge in [-0.25, -0.2) is 0 Å². The second kappa shape index (κ2) is 8.03. The van der Waals surface area contributed by atoms with Crippen LogP contribution < -0.4 is 5.32 Å². The van der Waals surface area contributed by atoms with Gasteiger partial charge in [-0.15, -0.1) is 11.8 Å². The molecule has 4 heteroatoms. The van der Waals surface area contributed by atoms with Crippen LogP contribution in [0, 0.1) is 11.3 Å². The molecule has 0 atom stereocenters. The Labute approximate surface area is 148 Å². The fraction of sp³-hybridized carbons (Fsp3) is 0.300. The molecule has 1 N–H and O–H groups in total. The summed E-state index contributed by atoms with van der Waals surface area (Å²) in [6.07, 6.45) is 0. The standard InChI is InChI=1S/C20H22N2OS/c1-20(2,3)17-7-9-18(10-8-17)22-19(23)14-24-13-16-6-4-5-15(11-16)12-21/h4-11H,13-14H2,1-3H3,(H,22,23). The van der Waals surface area contributed by atoms with Crippen molar-refractivity contribution in [2.24, 2.45) is 0 Å².